The molecule has 1 N–H and O–H groups in total. The largest absolute Gasteiger partial charge is 0.369 e. The predicted octanol–water partition coefficient (Wildman–Crippen LogP) is 4.50. The van der Waals surface area contributed by atoms with Crippen molar-refractivity contribution in [3.05, 3.63) is 21.3 Å². The molecule has 2 nitrogen and oxygen atoms in total. The highest BCUT2D eigenvalue weighted by Gasteiger charge is 2.07. The van der Waals surface area contributed by atoms with Crippen molar-refractivity contribution in [3.63, 3.8) is 0 Å². The monoisotopic (exact) mass is 266 g/mol. The lowest BCUT2D eigenvalue weighted by Gasteiger charge is -2.09. The normalized spacial score (nSPS) is 10.8. The highest BCUT2D eigenvalue weighted by Crippen LogP contribution is 2.28. The molecule has 0 bridgehead atoms. The van der Waals surface area contributed by atoms with Gasteiger partial charge >= 0.3 is 0 Å². The number of hydrogen-bond donors (Lipinski definition) is 1. The van der Waals surface area contributed by atoms with Crippen LogP contribution in [0.15, 0.2) is 6.07 Å². The fraction of sp³-hybridized carbons (Fsp3) is 0.500. The zero-order valence-corrected chi connectivity index (χ0v) is 10.9. The van der Waals surface area contributed by atoms with Crippen molar-refractivity contribution in [1.29, 1.82) is 0 Å². The van der Waals surface area contributed by atoms with Gasteiger partial charge in [-0.3, -0.25) is 0 Å². The Kier molecular flexibility index (Phi) is 4.97. The van der Waals surface area contributed by atoms with Crippen LogP contribution < -0.4 is 5.32 Å². The summed E-state index contributed by atoms with van der Waals surface area (Å²) in [4.78, 5) is 4.06. The van der Waals surface area contributed by atoms with E-state index in [-0.39, 0.29) is 5.15 Å². The minimum absolute atomic E-state index is 0.271. The number of nitrogens with one attached hydrogen (secondary N) is 1. The van der Waals surface area contributed by atoms with Gasteiger partial charge in [0.1, 0.15) is 11.0 Å². The number of aromatic nitrogens is 1. The Hall–Kier alpha value is -0.180. The molecule has 0 aliphatic heterocycles. The van der Waals surface area contributed by atoms with Gasteiger partial charge in [-0.1, -0.05) is 48.7 Å². The fourth-order valence-electron chi connectivity index (χ4n) is 1.05. The molecule has 1 heterocycles. The predicted molar refractivity (Wildman–Crippen MR) is 67.2 cm³/mol. The molecule has 15 heavy (non-hydrogen) atoms. The molecular formula is C10H13Cl3N2. The molecule has 0 spiro atoms. The van der Waals surface area contributed by atoms with Gasteiger partial charge in [-0.2, -0.15) is 0 Å². The van der Waals surface area contributed by atoms with Crippen molar-refractivity contribution in [3.8, 4) is 0 Å². The van der Waals surface area contributed by atoms with Crippen molar-refractivity contribution in [1.82, 2.24) is 4.98 Å². The Morgan fingerprint density at radius 1 is 1.27 bits per heavy atom. The molecule has 0 aliphatic rings. The summed E-state index contributed by atoms with van der Waals surface area (Å²) in [7, 11) is 0. The third-order valence-electron chi connectivity index (χ3n) is 1.90. The third-order valence-corrected chi connectivity index (χ3v) is 2.86. The second-order valence-corrected chi connectivity index (χ2v) is 4.87. The lowest BCUT2D eigenvalue weighted by Crippen LogP contribution is -2.06. The van der Waals surface area contributed by atoms with E-state index in [4.69, 9.17) is 34.8 Å². The van der Waals surface area contributed by atoms with E-state index < -0.39 is 0 Å². The van der Waals surface area contributed by atoms with Gasteiger partial charge in [-0.25, -0.2) is 4.98 Å². The summed E-state index contributed by atoms with van der Waals surface area (Å²) >= 11 is 17.5. The highest BCUT2D eigenvalue weighted by atomic mass is 35.5. The number of halogens is 3. The molecule has 0 saturated carbocycles. The summed E-state index contributed by atoms with van der Waals surface area (Å²) in [5, 5.41) is 4.26. The number of nitrogens with zero attached hydrogens (tertiary/aromatic N) is 1. The molecular weight excluding hydrogens is 254 g/mol. The number of rotatable bonds is 4. The topological polar surface area (TPSA) is 24.9 Å². The van der Waals surface area contributed by atoms with Crippen LogP contribution in [0.2, 0.25) is 15.2 Å². The van der Waals surface area contributed by atoms with Crippen LogP contribution in [-0.2, 0) is 0 Å². The van der Waals surface area contributed by atoms with Crippen LogP contribution >= 0.6 is 34.8 Å². The van der Waals surface area contributed by atoms with Crippen LogP contribution in [0, 0.1) is 5.92 Å². The second kappa shape index (κ2) is 5.78. The molecule has 0 saturated heterocycles. The quantitative estimate of drug-likeness (QED) is 0.813. The van der Waals surface area contributed by atoms with Gasteiger partial charge in [0.05, 0.1) is 10.0 Å². The van der Waals surface area contributed by atoms with E-state index in [1.807, 2.05) is 0 Å². The van der Waals surface area contributed by atoms with E-state index in [2.05, 4.69) is 24.1 Å². The van der Waals surface area contributed by atoms with Gasteiger partial charge in [0.2, 0.25) is 0 Å². The van der Waals surface area contributed by atoms with E-state index in [9.17, 15) is 0 Å². The molecule has 0 aromatic carbocycles. The summed E-state index contributed by atoms with van der Waals surface area (Å²) in [6, 6.07) is 1.59. The van der Waals surface area contributed by atoms with Gasteiger partial charge in [0.15, 0.2) is 0 Å². The zero-order chi connectivity index (χ0) is 11.4. The maximum atomic E-state index is 5.95. The van der Waals surface area contributed by atoms with Gasteiger partial charge in [0, 0.05) is 6.54 Å². The lowest BCUT2D eigenvalue weighted by atomic mass is 10.1. The highest BCUT2D eigenvalue weighted by molar-refractivity contribution is 6.42. The molecule has 0 unspecified atom stereocenters. The second-order valence-electron chi connectivity index (χ2n) is 3.70. The minimum atomic E-state index is 0.271. The average molecular weight is 268 g/mol. The molecule has 5 heteroatoms. The van der Waals surface area contributed by atoms with Crippen LogP contribution in [0.3, 0.4) is 0 Å². The summed E-state index contributed by atoms with van der Waals surface area (Å²) in [6.45, 7) is 5.14. The molecule has 1 aromatic heterocycles. The molecule has 0 atom stereocenters. The summed E-state index contributed by atoms with van der Waals surface area (Å²) in [5.41, 5.74) is 0. The molecule has 0 amide bonds. The van der Waals surface area contributed by atoms with E-state index in [1.165, 1.54) is 0 Å². The maximum Gasteiger partial charge on any atom is 0.150 e. The van der Waals surface area contributed by atoms with Crippen LogP contribution in [0.1, 0.15) is 20.3 Å². The maximum absolute atomic E-state index is 5.95. The Morgan fingerprint density at radius 2 is 1.93 bits per heavy atom. The number of anilines is 1. The molecule has 0 radical (unpaired) electrons. The van der Waals surface area contributed by atoms with Crippen LogP contribution in [0.4, 0.5) is 5.82 Å². The van der Waals surface area contributed by atoms with Crippen molar-refractivity contribution >= 4 is 40.6 Å². The molecule has 1 aromatic rings. The first kappa shape index (κ1) is 12.9. The summed E-state index contributed by atoms with van der Waals surface area (Å²) < 4.78 is 0. The van der Waals surface area contributed by atoms with Crippen LogP contribution in [-0.4, -0.2) is 11.5 Å². The number of hydrogen-bond acceptors (Lipinski definition) is 2. The van der Waals surface area contributed by atoms with Crippen LogP contribution in [0.25, 0.3) is 0 Å². The minimum Gasteiger partial charge on any atom is -0.369 e. The van der Waals surface area contributed by atoms with Gasteiger partial charge in [-0.15, -0.1) is 0 Å². The Balaban J connectivity index is 2.65. The Morgan fingerprint density at radius 3 is 2.53 bits per heavy atom. The SMILES string of the molecule is CC(C)CCNc1nc(Cl)c(Cl)cc1Cl. The fourth-order valence-corrected chi connectivity index (χ4v) is 1.61. The smallest absolute Gasteiger partial charge is 0.150 e. The Bertz CT molecular complexity index is 340. The van der Waals surface area contributed by atoms with E-state index in [1.54, 1.807) is 6.07 Å². The van der Waals surface area contributed by atoms with E-state index >= 15 is 0 Å². The molecule has 1 rings (SSSR count). The lowest BCUT2D eigenvalue weighted by molar-refractivity contribution is 0.606. The first-order valence-corrected chi connectivity index (χ1v) is 5.89. The summed E-state index contributed by atoms with van der Waals surface area (Å²) in [6.07, 6.45) is 1.05. The van der Waals surface area contributed by atoms with Crippen molar-refractivity contribution in [2.24, 2.45) is 5.92 Å². The van der Waals surface area contributed by atoms with Crippen LogP contribution in [0.5, 0.6) is 0 Å². The third kappa shape index (κ3) is 4.06. The first-order valence-electron chi connectivity index (χ1n) is 4.76. The van der Waals surface area contributed by atoms with Gasteiger partial charge < -0.3 is 5.32 Å². The zero-order valence-electron chi connectivity index (χ0n) is 8.65. The van der Waals surface area contributed by atoms with E-state index in [0.717, 1.165) is 13.0 Å². The molecule has 0 fully saturated rings. The molecule has 84 valence electrons. The average Bonchev–Trinajstić information content (AvgIpc) is 2.13. The van der Waals surface area contributed by atoms with Gasteiger partial charge in [-0.05, 0) is 18.4 Å². The first-order chi connectivity index (χ1) is 7.00. The van der Waals surface area contributed by atoms with Gasteiger partial charge in [0.25, 0.3) is 0 Å². The standard InChI is InChI=1S/C10H13Cl3N2/c1-6(2)3-4-14-10-8(12)5-7(11)9(13)15-10/h5-6H,3-4H2,1-2H3,(H,14,15). The Labute approximate surface area is 105 Å². The van der Waals surface area contributed by atoms with Crippen molar-refractivity contribution in [2.75, 3.05) is 11.9 Å². The van der Waals surface area contributed by atoms with Crippen molar-refractivity contribution < 1.29 is 0 Å². The van der Waals surface area contributed by atoms with Crippen molar-refractivity contribution in [2.45, 2.75) is 20.3 Å². The van der Waals surface area contributed by atoms with E-state index in [0.29, 0.717) is 21.8 Å². The number of pyridine rings is 1. The summed E-state index contributed by atoms with van der Waals surface area (Å²) in [5.74, 6) is 1.23. The molecule has 0 aliphatic carbocycles.